The van der Waals surface area contributed by atoms with E-state index in [1.165, 1.54) is 0 Å². The molecule has 3 atom stereocenters. The maximum Gasteiger partial charge on any atom is 0.224 e. The molecule has 4 nitrogen and oxygen atoms in total. The van der Waals surface area contributed by atoms with Crippen LogP contribution < -0.4 is 11.1 Å². The Labute approximate surface area is 152 Å². The summed E-state index contributed by atoms with van der Waals surface area (Å²) < 4.78 is 0. The van der Waals surface area contributed by atoms with Crippen LogP contribution in [0.4, 0.5) is 0 Å². The predicted molar refractivity (Wildman–Crippen MR) is 97.5 cm³/mol. The number of carbonyl (C=O) groups excluding carboxylic acids is 2. The number of benzene rings is 1. The standard InChI is InChI=1S/C18H22Cl2N2O2/c1-10(8-15(21)23)22-17(24)16-13(18(16,2)3)9-14(20)11-4-6-12(19)7-5-11/h4-7,9-10,13,16H,8H2,1-3H3,(H2,21,23)(H,22,24)/b14-9-/t10?,13-,16+/m1/s1. The summed E-state index contributed by atoms with van der Waals surface area (Å²) in [7, 11) is 0. The molecule has 0 saturated heterocycles. The van der Waals surface area contributed by atoms with Crippen molar-refractivity contribution in [2.24, 2.45) is 23.0 Å². The molecule has 0 aromatic heterocycles. The van der Waals surface area contributed by atoms with Gasteiger partial charge in [-0.2, -0.15) is 0 Å². The molecular weight excluding hydrogens is 347 g/mol. The van der Waals surface area contributed by atoms with Gasteiger partial charge in [0.05, 0.1) is 5.92 Å². The minimum absolute atomic E-state index is 0.0430. The number of nitrogens with one attached hydrogen (secondary N) is 1. The van der Waals surface area contributed by atoms with Crippen molar-refractivity contribution in [3.05, 3.63) is 40.9 Å². The van der Waals surface area contributed by atoms with Crippen LogP contribution in [0.2, 0.25) is 5.02 Å². The molecule has 130 valence electrons. The summed E-state index contributed by atoms with van der Waals surface area (Å²) in [6, 6.07) is 6.98. The predicted octanol–water partition coefficient (Wildman–Crippen LogP) is 3.57. The molecule has 1 fully saturated rings. The number of hydrogen-bond acceptors (Lipinski definition) is 2. The number of primary amides is 1. The van der Waals surface area contributed by atoms with Gasteiger partial charge in [0.15, 0.2) is 0 Å². The van der Waals surface area contributed by atoms with Gasteiger partial charge in [0.1, 0.15) is 0 Å². The smallest absolute Gasteiger partial charge is 0.224 e. The molecule has 2 amide bonds. The second-order valence-corrected chi connectivity index (χ2v) is 7.77. The highest BCUT2D eigenvalue weighted by atomic mass is 35.5. The maximum absolute atomic E-state index is 12.4. The Morgan fingerprint density at radius 3 is 2.46 bits per heavy atom. The van der Waals surface area contributed by atoms with Crippen LogP contribution >= 0.6 is 23.2 Å². The third-order valence-corrected chi connectivity index (χ3v) is 5.13. The van der Waals surface area contributed by atoms with E-state index >= 15 is 0 Å². The van der Waals surface area contributed by atoms with Gasteiger partial charge in [-0.3, -0.25) is 9.59 Å². The van der Waals surface area contributed by atoms with E-state index in [0.29, 0.717) is 10.1 Å². The first-order chi connectivity index (χ1) is 11.1. The van der Waals surface area contributed by atoms with Crippen LogP contribution in [0.5, 0.6) is 0 Å². The molecule has 1 saturated carbocycles. The molecule has 0 heterocycles. The van der Waals surface area contributed by atoms with E-state index in [1.54, 1.807) is 19.1 Å². The van der Waals surface area contributed by atoms with Gasteiger partial charge >= 0.3 is 0 Å². The molecule has 1 unspecified atom stereocenters. The van der Waals surface area contributed by atoms with Gasteiger partial charge in [0.25, 0.3) is 0 Å². The second-order valence-electron chi connectivity index (χ2n) is 6.93. The van der Waals surface area contributed by atoms with Crippen molar-refractivity contribution in [3.63, 3.8) is 0 Å². The molecule has 1 aromatic carbocycles. The summed E-state index contributed by atoms with van der Waals surface area (Å²) in [5.74, 6) is -0.633. The summed E-state index contributed by atoms with van der Waals surface area (Å²) >= 11 is 12.3. The fraction of sp³-hybridized carbons (Fsp3) is 0.444. The van der Waals surface area contributed by atoms with Gasteiger partial charge in [-0.1, -0.05) is 55.3 Å². The number of allylic oxidation sites excluding steroid dienone is 1. The lowest BCUT2D eigenvalue weighted by Gasteiger charge is -2.12. The van der Waals surface area contributed by atoms with Gasteiger partial charge in [0.2, 0.25) is 11.8 Å². The van der Waals surface area contributed by atoms with Crippen LogP contribution in [0.1, 0.15) is 32.8 Å². The summed E-state index contributed by atoms with van der Waals surface area (Å²) in [6.45, 7) is 5.83. The number of rotatable bonds is 6. The van der Waals surface area contributed by atoms with Gasteiger partial charge < -0.3 is 11.1 Å². The summed E-state index contributed by atoms with van der Waals surface area (Å²) in [6.07, 6.45) is 2.05. The van der Waals surface area contributed by atoms with Gasteiger partial charge in [0, 0.05) is 22.5 Å². The first kappa shape index (κ1) is 18.8. The first-order valence-corrected chi connectivity index (χ1v) is 8.60. The van der Waals surface area contributed by atoms with Gasteiger partial charge in [-0.15, -0.1) is 0 Å². The molecule has 2 rings (SSSR count). The highest BCUT2D eigenvalue weighted by Crippen LogP contribution is 2.60. The molecule has 0 spiro atoms. The van der Waals surface area contributed by atoms with E-state index in [2.05, 4.69) is 5.32 Å². The number of halogens is 2. The van der Waals surface area contributed by atoms with E-state index in [0.717, 1.165) is 5.56 Å². The zero-order valence-electron chi connectivity index (χ0n) is 14.0. The van der Waals surface area contributed by atoms with Crippen molar-refractivity contribution in [1.82, 2.24) is 5.32 Å². The Hall–Kier alpha value is -1.52. The largest absolute Gasteiger partial charge is 0.370 e. The monoisotopic (exact) mass is 368 g/mol. The average Bonchev–Trinajstić information content (AvgIpc) is 2.99. The molecule has 1 aliphatic rings. The van der Waals surface area contributed by atoms with Gasteiger partial charge in [-0.05, 0) is 36.0 Å². The Morgan fingerprint density at radius 2 is 1.92 bits per heavy atom. The van der Waals surface area contributed by atoms with Crippen molar-refractivity contribution in [1.29, 1.82) is 0 Å². The second kappa shape index (κ2) is 7.16. The topological polar surface area (TPSA) is 72.2 Å². The van der Waals surface area contributed by atoms with E-state index in [1.807, 2.05) is 32.1 Å². The first-order valence-electron chi connectivity index (χ1n) is 7.85. The van der Waals surface area contributed by atoms with Crippen molar-refractivity contribution in [3.8, 4) is 0 Å². The van der Waals surface area contributed by atoms with E-state index in [-0.39, 0.29) is 35.6 Å². The molecule has 0 aliphatic heterocycles. The Bertz CT molecular complexity index is 668. The third kappa shape index (κ3) is 4.31. The van der Waals surface area contributed by atoms with E-state index in [4.69, 9.17) is 28.9 Å². The SMILES string of the molecule is CC(CC(N)=O)NC(=O)[C@@H]1[C@@H](/C=C(\Cl)c2ccc(Cl)cc2)C1(C)C. The zero-order chi connectivity index (χ0) is 18.1. The average molecular weight is 369 g/mol. The number of carbonyl (C=O) groups is 2. The highest BCUT2D eigenvalue weighted by molar-refractivity contribution is 6.48. The molecule has 0 bridgehead atoms. The van der Waals surface area contributed by atoms with Crippen LogP contribution in [-0.2, 0) is 9.59 Å². The lowest BCUT2D eigenvalue weighted by Crippen LogP contribution is -2.37. The summed E-state index contributed by atoms with van der Waals surface area (Å²) in [5.41, 5.74) is 5.84. The molecule has 1 aliphatic carbocycles. The number of nitrogens with two attached hydrogens (primary N) is 1. The Balaban J connectivity index is 2.06. The minimum Gasteiger partial charge on any atom is -0.370 e. The lowest BCUT2D eigenvalue weighted by molar-refractivity contribution is -0.124. The van der Waals surface area contributed by atoms with Crippen LogP contribution in [0.15, 0.2) is 30.3 Å². The third-order valence-electron chi connectivity index (χ3n) is 4.54. The van der Waals surface area contributed by atoms with Crippen LogP contribution in [0, 0.1) is 17.3 Å². The highest BCUT2D eigenvalue weighted by Gasteiger charge is 2.60. The normalized spacial score (nSPS) is 23.5. The molecule has 24 heavy (non-hydrogen) atoms. The number of amides is 2. The molecule has 0 radical (unpaired) electrons. The molecule has 1 aromatic rings. The Kier molecular flexibility index (Phi) is 5.61. The van der Waals surface area contributed by atoms with E-state index < -0.39 is 5.91 Å². The fourth-order valence-corrected chi connectivity index (χ4v) is 3.43. The molecule has 6 heteroatoms. The van der Waals surface area contributed by atoms with Crippen molar-refractivity contribution < 1.29 is 9.59 Å². The van der Waals surface area contributed by atoms with Crippen LogP contribution in [0.25, 0.3) is 5.03 Å². The van der Waals surface area contributed by atoms with Crippen molar-refractivity contribution in [2.75, 3.05) is 0 Å². The summed E-state index contributed by atoms with van der Waals surface area (Å²) in [4.78, 5) is 23.4. The van der Waals surface area contributed by atoms with E-state index in [9.17, 15) is 9.59 Å². The van der Waals surface area contributed by atoms with Gasteiger partial charge in [-0.25, -0.2) is 0 Å². The minimum atomic E-state index is -0.430. The number of hydrogen-bond donors (Lipinski definition) is 2. The fourth-order valence-electron chi connectivity index (χ4n) is 3.04. The van der Waals surface area contributed by atoms with Crippen molar-refractivity contribution >= 4 is 40.0 Å². The van der Waals surface area contributed by atoms with Crippen LogP contribution in [0.3, 0.4) is 0 Å². The van der Waals surface area contributed by atoms with Crippen molar-refractivity contribution in [2.45, 2.75) is 33.2 Å². The quantitative estimate of drug-likeness (QED) is 0.805. The maximum atomic E-state index is 12.4. The van der Waals surface area contributed by atoms with Crippen LogP contribution in [-0.4, -0.2) is 17.9 Å². The molecular formula is C18H22Cl2N2O2. The Morgan fingerprint density at radius 1 is 1.33 bits per heavy atom. The zero-order valence-corrected chi connectivity index (χ0v) is 15.5. The lowest BCUT2D eigenvalue weighted by atomic mass is 10.1. The summed E-state index contributed by atoms with van der Waals surface area (Å²) in [5, 5.41) is 4.10. The molecule has 3 N–H and O–H groups in total.